The molecule has 0 aliphatic carbocycles. The molecule has 0 unspecified atom stereocenters. The maximum Gasteiger partial charge on any atom is 0.257 e. The number of aromatic nitrogens is 1. The predicted octanol–water partition coefficient (Wildman–Crippen LogP) is 4.30. The van der Waals surface area contributed by atoms with Crippen molar-refractivity contribution in [3.05, 3.63) is 71.9 Å². The summed E-state index contributed by atoms with van der Waals surface area (Å²) in [5, 5.41) is 5.92. The summed E-state index contributed by atoms with van der Waals surface area (Å²) in [5.74, 6) is 1.36. The molecular formula is C22H21N3O4. The second-order valence-corrected chi connectivity index (χ2v) is 6.22. The maximum atomic E-state index is 12.5. The normalized spacial score (nSPS) is 10.2. The van der Waals surface area contributed by atoms with Gasteiger partial charge in [-0.15, -0.1) is 0 Å². The Morgan fingerprint density at radius 2 is 1.66 bits per heavy atom. The molecule has 7 heteroatoms. The first-order valence-corrected chi connectivity index (χ1v) is 8.87. The third-order valence-corrected chi connectivity index (χ3v) is 4.21. The van der Waals surface area contributed by atoms with Crippen molar-refractivity contribution in [3.8, 4) is 11.5 Å². The quantitative estimate of drug-likeness (QED) is 0.584. The summed E-state index contributed by atoms with van der Waals surface area (Å²) >= 11 is 0. The molecule has 3 rings (SSSR count). The van der Waals surface area contributed by atoms with Crippen LogP contribution >= 0.6 is 0 Å². The summed E-state index contributed by atoms with van der Waals surface area (Å²) in [6.45, 7) is 1.52. The van der Waals surface area contributed by atoms with Gasteiger partial charge in [0.2, 0.25) is 0 Å². The zero-order valence-electron chi connectivity index (χ0n) is 16.4. The number of ketones is 1. The highest BCUT2D eigenvalue weighted by molar-refractivity contribution is 6.04. The molecule has 1 aromatic heterocycles. The Labute approximate surface area is 168 Å². The van der Waals surface area contributed by atoms with Gasteiger partial charge in [0, 0.05) is 29.2 Å². The summed E-state index contributed by atoms with van der Waals surface area (Å²) in [6.07, 6.45) is 1.48. The lowest BCUT2D eigenvalue weighted by Gasteiger charge is -2.11. The average Bonchev–Trinajstić information content (AvgIpc) is 2.74. The molecule has 0 saturated carbocycles. The molecule has 0 aliphatic rings. The summed E-state index contributed by atoms with van der Waals surface area (Å²) in [4.78, 5) is 28.2. The van der Waals surface area contributed by atoms with Crippen LogP contribution in [0.2, 0.25) is 0 Å². The second-order valence-electron chi connectivity index (χ2n) is 6.22. The number of rotatable bonds is 7. The van der Waals surface area contributed by atoms with Crippen molar-refractivity contribution in [1.29, 1.82) is 0 Å². The summed E-state index contributed by atoms with van der Waals surface area (Å²) < 4.78 is 10.4. The van der Waals surface area contributed by atoms with Gasteiger partial charge in [0.05, 0.1) is 19.8 Å². The van der Waals surface area contributed by atoms with E-state index < -0.39 is 0 Å². The largest absolute Gasteiger partial charge is 0.493 e. The summed E-state index contributed by atoms with van der Waals surface area (Å²) in [7, 11) is 3.08. The molecule has 29 heavy (non-hydrogen) atoms. The summed E-state index contributed by atoms with van der Waals surface area (Å²) in [6, 6.07) is 15.6. The first-order valence-electron chi connectivity index (χ1n) is 8.87. The van der Waals surface area contributed by atoms with Crippen LogP contribution in [0.5, 0.6) is 11.5 Å². The van der Waals surface area contributed by atoms with Crippen LogP contribution in [0.25, 0.3) is 0 Å². The van der Waals surface area contributed by atoms with Crippen LogP contribution in [0.1, 0.15) is 27.6 Å². The van der Waals surface area contributed by atoms with Crippen LogP contribution in [-0.4, -0.2) is 30.9 Å². The highest BCUT2D eigenvalue weighted by Gasteiger charge is 2.10. The number of amides is 1. The highest BCUT2D eigenvalue weighted by atomic mass is 16.5. The van der Waals surface area contributed by atoms with Crippen LogP contribution in [0.15, 0.2) is 60.8 Å². The fourth-order valence-electron chi connectivity index (χ4n) is 2.68. The molecule has 148 valence electrons. The molecule has 0 fully saturated rings. The van der Waals surface area contributed by atoms with E-state index in [-0.39, 0.29) is 11.7 Å². The van der Waals surface area contributed by atoms with E-state index in [2.05, 4.69) is 15.6 Å². The third-order valence-electron chi connectivity index (χ3n) is 4.21. The molecule has 1 amide bonds. The number of ether oxygens (including phenoxy) is 2. The zero-order valence-corrected chi connectivity index (χ0v) is 16.4. The van der Waals surface area contributed by atoms with Crippen LogP contribution in [-0.2, 0) is 0 Å². The smallest absolute Gasteiger partial charge is 0.257 e. The Hall–Kier alpha value is -3.87. The van der Waals surface area contributed by atoms with Crippen molar-refractivity contribution in [2.75, 3.05) is 24.9 Å². The lowest BCUT2D eigenvalue weighted by atomic mass is 10.1. The molecular weight excluding hydrogens is 370 g/mol. The monoisotopic (exact) mass is 391 g/mol. The second kappa shape index (κ2) is 8.88. The molecule has 1 heterocycles. The van der Waals surface area contributed by atoms with Crippen molar-refractivity contribution in [3.63, 3.8) is 0 Å². The van der Waals surface area contributed by atoms with Gasteiger partial charge < -0.3 is 20.1 Å². The Balaban J connectivity index is 1.69. The number of carbonyl (C=O) groups excluding carboxylic acids is 2. The number of nitrogens with one attached hydrogen (secondary N) is 2. The third kappa shape index (κ3) is 4.90. The number of hydrogen-bond donors (Lipinski definition) is 2. The van der Waals surface area contributed by atoms with Crippen molar-refractivity contribution in [1.82, 2.24) is 4.98 Å². The number of hydrogen-bond acceptors (Lipinski definition) is 6. The van der Waals surface area contributed by atoms with Crippen LogP contribution in [0, 0.1) is 0 Å². The molecule has 0 saturated heterocycles. The molecule has 0 aliphatic heterocycles. The van der Waals surface area contributed by atoms with Gasteiger partial charge in [0.1, 0.15) is 5.82 Å². The standard InChI is InChI=1S/C22H21N3O4/c1-14(26)15-5-4-6-17(11-15)24-21-10-7-16(13-23-21)22(27)25-18-8-9-19(28-2)20(12-18)29-3/h4-13H,1-3H3,(H,23,24)(H,25,27). The van der Waals surface area contributed by atoms with Crippen molar-refractivity contribution >= 4 is 28.9 Å². The van der Waals surface area contributed by atoms with Crippen LogP contribution < -0.4 is 20.1 Å². The van der Waals surface area contributed by atoms with E-state index in [9.17, 15) is 9.59 Å². The molecule has 2 aromatic carbocycles. The SMILES string of the molecule is COc1ccc(NC(=O)c2ccc(Nc3cccc(C(C)=O)c3)nc2)cc1OC. The number of Topliss-reactive ketones (excluding diaryl/α,β-unsaturated/α-hetero) is 1. The number of carbonyl (C=O) groups is 2. The Morgan fingerprint density at radius 1 is 0.862 bits per heavy atom. The van der Waals surface area contributed by atoms with Gasteiger partial charge in [-0.2, -0.15) is 0 Å². The minimum absolute atomic E-state index is 0.0104. The average molecular weight is 391 g/mol. The van der Waals surface area contributed by atoms with Crippen molar-refractivity contribution in [2.24, 2.45) is 0 Å². The number of benzene rings is 2. The maximum absolute atomic E-state index is 12.5. The fraction of sp³-hybridized carbons (Fsp3) is 0.136. The van der Waals surface area contributed by atoms with E-state index in [1.165, 1.54) is 20.2 Å². The number of anilines is 3. The van der Waals surface area contributed by atoms with Crippen LogP contribution in [0.4, 0.5) is 17.2 Å². The lowest BCUT2D eigenvalue weighted by Crippen LogP contribution is -2.12. The molecule has 7 nitrogen and oxygen atoms in total. The molecule has 3 aromatic rings. The Morgan fingerprint density at radius 3 is 2.31 bits per heavy atom. The lowest BCUT2D eigenvalue weighted by molar-refractivity contribution is 0.101. The molecule has 0 radical (unpaired) electrons. The van der Waals surface area contributed by atoms with E-state index in [0.717, 1.165) is 5.69 Å². The first kappa shape index (κ1) is 19.9. The minimum Gasteiger partial charge on any atom is -0.493 e. The van der Waals surface area contributed by atoms with Crippen LogP contribution in [0.3, 0.4) is 0 Å². The number of methoxy groups -OCH3 is 2. The van der Waals surface area contributed by atoms with Crippen molar-refractivity contribution in [2.45, 2.75) is 6.92 Å². The molecule has 2 N–H and O–H groups in total. The van der Waals surface area contributed by atoms with Crippen molar-refractivity contribution < 1.29 is 19.1 Å². The molecule has 0 bridgehead atoms. The Kier molecular flexibility index (Phi) is 6.09. The van der Waals surface area contributed by atoms with Gasteiger partial charge in [-0.1, -0.05) is 12.1 Å². The first-order chi connectivity index (χ1) is 14.0. The number of pyridine rings is 1. The van der Waals surface area contributed by atoms with E-state index in [1.54, 1.807) is 55.6 Å². The van der Waals surface area contributed by atoms with Gasteiger partial charge in [0.15, 0.2) is 17.3 Å². The van der Waals surface area contributed by atoms with E-state index >= 15 is 0 Å². The highest BCUT2D eigenvalue weighted by Crippen LogP contribution is 2.30. The minimum atomic E-state index is -0.296. The van der Waals surface area contributed by atoms with Gasteiger partial charge >= 0.3 is 0 Å². The van der Waals surface area contributed by atoms with Gasteiger partial charge in [0.25, 0.3) is 5.91 Å². The summed E-state index contributed by atoms with van der Waals surface area (Å²) in [5.41, 5.74) is 2.34. The Bertz CT molecular complexity index is 1030. The van der Waals surface area contributed by atoms with E-state index in [1.807, 2.05) is 6.07 Å². The zero-order chi connectivity index (χ0) is 20.8. The van der Waals surface area contributed by atoms with Gasteiger partial charge in [-0.3, -0.25) is 9.59 Å². The van der Waals surface area contributed by atoms with E-state index in [4.69, 9.17) is 9.47 Å². The van der Waals surface area contributed by atoms with E-state index in [0.29, 0.717) is 34.1 Å². The van der Waals surface area contributed by atoms with Gasteiger partial charge in [-0.05, 0) is 43.3 Å². The topological polar surface area (TPSA) is 89.6 Å². The molecule has 0 atom stereocenters. The number of nitrogens with zero attached hydrogens (tertiary/aromatic N) is 1. The predicted molar refractivity (Wildman–Crippen MR) is 111 cm³/mol. The van der Waals surface area contributed by atoms with Gasteiger partial charge in [-0.25, -0.2) is 4.98 Å². The molecule has 0 spiro atoms. The fourth-order valence-corrected chi connectivity index (χ4v) is 2.68.